The van der Waals surface area contributed by atoms with E-state index in [0.29, 0.717) is 10.8 Å². The van der Waals surface area contributed by atoms with Crippen molar-refractivity contribution in [1.29, 1.82) is 0 Å². The van der Waals surface area contributed by atoms with Crippen LogP contribution in [0.2, 0.25) is 0 Å². The highest BCUT2D eigenvalue weighted by Gasteiger charge is 2.59. The van der Waals surface area contributed by atoms with E-state index < -0.39 is 0 Å². The van der Waals surface area contributed by atoms with Crippen molar-refractivity contribution < 1.29 is 9.53 Å². The van der Waals surface area contributed by atoms with Crippen LogP contribution in [0.25, 0.3) is 0 Å². The normalized spacial score (nSPS) is 40.5. The Balaban J connectivity index is 1.43. The number of esters is 1. The molecular weight excluding hydrogens is 496 g/mol. The maximum Gasteiger partial charge on any atom is 0.320 e. The van der Waals surface area contributed by atoms with E-state index in [1.165, 1.54) is 57.8 Å². The Morgan fingerprint density at radius 2 is 1.77 bits per heavy atom. The summed E-state index contributed by atoms with van der Waals surface area (Å²) in [7, 11) is 0. The summed E-state index contributed by atoms with van der Waals surface area (Å²) in [5.74, 6) is 5.42. The Bertz CT molecular complexity index is 786. The van der Waals surface area contributed by atoms with Crippen LogP contribution >= 0.6 is 15.9 Å². The zero-order valence-electron chi connectivity index (χ0n) is 23.7. The molecule has 0 heterocycles. The molecule has 3 saturated carbocycles. The van der Waals surface area contributed by atoms with Crippen molar-refractivity contribution in [2.24, 2.45) is 52.3 Å². The molecule has 3 heteroatoms. The van der Waals surface area contributed by atoms with Crippen LogP contribution in [0.15, 0.2) is 11.6 Å². The molecule has 0 aromatic heterocycles. The van der Waals surface area contributed by atoms with Crippen molar-refractivity contribution in [3.8, 4) is 0 Å². The summed E-state index contributed by atoms with van der Waals surface area (Å²) in [4.78, 5) is 12.4. The van der Waals surface area contributed by atoms with E-state index in [9.17, 15) is 4.79 Å². The maximum atomic E-state index is 12.6. The second-order valence-electron chi connectivity index (χ2n) is 14.2. The van der Waals surface area contributed by atoms with Gasteiger partial charge in [0.2, 0.25) is 0 Å². The Kier molecular flexibility index (Phi) is 8.57. The lowest BCUT2D eigenvalue weighted by Gasteiger charge is -2.58. The van der Waals surface area contributed by atoms with Gasteiger partial charge in [0.05, 0.1) is 0 Å². The number of carbonyl (C=O) groups is 1. The maximum absolute atomic E-state index is 12.6. The van der Waals surface area contributed by atoms with Crippen LogP contribution in [0.1, 0.15) is 119 Å². The smallest absolute Gasteiger partial charge is 0.320 e. The predicted molar refractivity (Wildman–Crippen MR) is 150 cm³/mol. The van der Waals surface area contributed by atoms with Gasteiger partial charge in [0.1, 0.15) is 10.9 Å². The average molecular weight is 550 g/mol. The fraction of sp³-hybridized carbons (Fsp3) is 0.906. The van der Waals surface area contributed by atoms with Crippen molar-refractivity contribution in [2.75, 3.05) is 0 Å². The molecule has 0 bridgehead atoms. The highest BCUT2D eigenvalue weighted by Crippen LogP contribution is 2.67. The van der Waals surface area contributed by atoms with Crippen LogP contribution in [0, 0.1) is 52.3 Å². The molecule has 0 aliphatic heterocycles. The first-order chi connectivity index (χ1) is 16.5. The third-order valence-electron chi connectivity index (χ3n) is 11.4. The van der Waals surface area contributed by atoms with Gasteiger partial charge in [-0.25, -0.2) is 0 Å². The van der Waals surface area contributed by atoms with Gasteiger partial charge < -0.3 is 4.74 Å². The molecular formula is C32H53BrO2. The molecule has 4 aliphatic rings. The SMILES string of the molecule is CC(C)CCC[C@@H](C)[C@H]1CC[C@@H]2[C@@H]3CC=C4C[C@@H](OC(=O)[C@H](Br)C(C)C)CC[C@]4(C)[C@@H]3CC[C@@]21C. The molecule has 0 amide bonds. The van der Waals surface area contributed by atoms with Gasteiger partial charge in [-0.1, -0.05) is 95.3 Å². The van der Waals surface area contributed by atoms with Gasteiger partial charge in [-0.15, -0.1) is 0 Å². The summed E-state index contributed by atoms with van der Waals surface area (Å²) in [6.07, 6.45) is 17.1. The summed E-state index contributed by atoms with van der Waals surface area (Å²) in [5.41, 5.74) is 2.48. The fourth-order valence-corrected chi connectivity index (χ4v) is 9.36. The lowest BCUT2D eigenvalue weighted by Crippen LogP contribution is -2.51. The van der Waals surface area contributed by atoms with Gasteiger partial charge >= 0.3 is 5.97 Å². The number of halogens is 1. The zero-order chi connectivity index (χ0) is 25.5. The lowest BCUT2D eigenvalue weighted by molar-refractivity contribution is -0.151. The molecule has 3 fully saturated rings. The number of carbonyl (C=O) groups excluding carboxylic acids is 1. The van der Waals surface area contributed by atoms with Gasteiger partial charge in [0, 0.05) is 6.42 Å². The Morgan fingerprint density at radius 3 is 2.46 bits per heavy atom. The molecule has 0 radical (unpaired) electrons. The summed E-state index contributed by atoms with van der Waals surface area (Å²) < 4.78 is 5.99. The van der Waals surface area contributed by atoms with Crippen LogP contribution in [0.5, 0.6) is 0 Å². The first-order valence-electron chi connectivity index (χ1n) is 15.0. The van der Waals surface area contributed by atoms with Crippen LogP contribution in [0.4, 0.5) is 0 Å². The monoisotopic (exact) mass is 548 g/mol. The van der Waals surface area contributed by atoms with E-state index in [4.69, 9.17) is 4.74 Å². The molecule has 2 nitrogen and oxygen atoms in total. The molecule has 0 aromatic carbocycles. The molecule has 35 heavy (non-hydrogen) atoms. The van der Waals surface area contributed by atoms with Crippen molar-refractivity contribution in [2.45, 2.75) is 130 Å². The number of ether oxygens (including phenoxy) is 1. The number of fused-ring (bicyclic) bond motifs is 5. The van der Waals surface area contributed by atoms with E-state index in [1.807, 2.05) is 0 Å². The quantitative estimate of drug-likeness (QED) is 0.171. The van der Waals surface area contributed by atoms with Crippen LogP contribution in [0.3, 0.4) is 0 Å². The number of rotatable bonds is 8. The van der Waals surface area contributed by atoms with Gasteiger partial charge in [-0.05, 0) is 97.2 Å². The van der Waals surface area contributed by atoms with Crippen LogP contribution in [-0.2, 0) is 9.53 Å². The van der Waals surface area contributed by atoms with Crippen molar-refractivity contribution in [1.82, 2.24) is 0 Å². The first-order valence-corrected chi connectivity index (χ1v) is 15.9. The number of hydrogen-bond donors (Lipinski definition) is 0. The van der Waals surface area contributed by atoms with Gasteiger partial charge in [-0.3, -0.25) is 4.79 Å². The summed E-state index contributed by atoms with van der Waals surface area (Å²) in [6, 6.07) is 0. The summed E-state index contributed by atoms with van der Waals surface area (Å²) >= 11 is 3.54. The first kappa shape index (κ1) is 27.7. The minimum absolute atomic E-state index is 0.0635. The number of alkyl halides is 1. The molecule has 4 aliphatic carbocycles. The van der Waals surface area contributed by atoms with Crippen molar-refractivity contribution in [3.05, 3.63) is 11.6 Å². The number of hydrogen-bond acceptors (Lipinski definition) is 2. The van der Waals surface area contributed by atoms with Crippen molar-refractivity contribution in [3.63, 3.8) is 0 Å². The lowest BCUT2D eigenvalue weighted by atomic mass is 9.47. The molecule has 0 aromatic rings. The summed E-state index contributed by atoms with van der Waals surface area (Å²) in [6.45, 7) is 16.7. The minimum atomic E-state index is -0.195. The highest BCUT2D eigenvalue weighted by atomic mass is 79.9. The van der Waals surface area contributed by atoms with Gasteiger partial charge in [0.25, 0.3) is 0 Å². The largest absolute Gasteiger partial charge is 0.461 e. The van der Waals surface area contributed by atoms with E-state index in [2.05, 4.69) is 70.5 Å². The third kappa shape index (κ3) is 5.33. The molecule has 4 rings (SSSR count). The minimum Gasteiger partial charge on any atom is -0.461 e. The Labute approximate surface area is 224 Å². The van der Waals surface area contributed by atoms with Crippen LogP contribution in [-0.4, -0.2) is 16.9 Å². The van der Waals surface area contributed by atoms with Gasteiger partial charge in [-0.2, -0.15) is 0 Å². The predicted octanol–water partition coefficient (Wildman–Crippen LogP) is 9.36. The Hall–Kier alpha value is -0.310. The molecule has 0 unspecified atom stereocenters. The van der Waals surface area contributed by atoms with Crippen LogP contribution < -0.4 is 0 Å². The highest BCUT2D eigenvalue weighted by molar-refractivity contribution is 9.10. The fourth-order valence-electron chi connectivity index (χ4n) is 9.25. The molecule has 9 atom stereocenters. The zero-order valence-corrected chi connectivity index (χ0v) is 25.3. The average Bonchev–Trinajstić information content (AvgIpc) is 3.15. The third-order valence-corrected chi connectivity index (χ3v) is 12.8. The summed E-state index contributed by atoms with van der Waals surface area (Å²) in [5, 5.41) is 0. The van der Waals surface area contributed by atoms with E-state index in [1.54, 1.807) is 5.57 Å². The van der Waals surface area contributed by atoms with Crippen molar-refractivity contribution >= 4 is 21.9 Å². The van der Waals surface area contributed by atoms with Gasteiger partial charge in [0.15, 0.2) is 0 Å². The van der Waals surface area contributed by atoms with E-state index in [0.717, 1.165) is 48.3 Å². The molecule has 0 N–H and O–H groups in total. The number of allylic oxidation sites excluding steroid dienone is 1. The standard InChI is InChI=1S/C32H53BrO2/c1-20(2)9-8-10-22(5)26-13-14-27-25-12-11-23-19-24(35-30(34)29(33)21(3)4)15-17-31(23,6)28(25)16-18-32(26,27)7/h11,20-22,24-29H,8-10,12-19H2,1-7H3/t22-,24+,25+,26-,27-,28-,29-,31+,32-/m1/s1. The topological polar surface area (TPSA) is 26.3 Å². The second-order valence-corrected chi connectivity index (χ2v) is 15.2. The van der Waals surface area contributed by atoms with E-state index >= 15 is 0 Å². The molecule has 0 spiro atoms. The molecule has 200 valence electrons. The van der Waals surface area contributed by atoms with E-state index in [-0.39, 0.29) is 22.8 Å². The Morgan fingerprint density at radius 1 is 1.03 bits per heavy atom. The second kappa shape index (κ2) is 10.8. The molecule has 0 saturated heterocycles.